The molecule has 0 saturated carbocycles. The van der Waals surface area contributed by atoms with Crippen LogP contribution in [-0.2, 0) is 9.47 Å². The number of nitrogens with one attached hydrogen (secondary N) is 1. The summed E-state index contributed by atoms with van der Waals surface area (Å²) in [6.45, 7) is 5.35. The van der Waals surface area contributed by atoms with Crippen LogP contribution in [0.1, 0.15) is 31.1 Å². The number of nitrogens with zero attached hydrogens (tertiary/aromatic N) is 1. The van der Waals surface area contributed by atoms with Gasteiger partial charge in [0, 0.05) is 12.3 Å². The molecule has 0 fully saturated rings. The Morgan fingerprint density at radius 1 is 0.931 bits per heavy atom. The normalized spacial score (nSPS) is 11.0. The van der Waals surface area contributed by atoms with Gasteiger partial charge in [0.1, 0.15) is 22.9 Å². The summed E-state index contributed by atoms with van der Waals surface area (Å²) in [6, 6.07) is 14.1. The minimum absolute atomic E-state index is 0.311. The molecule has 3 rings (SSSR count). The molecule has 1 amide bonds. The summed E-state index contributed by atoms with van der Waals surface area (Å²) >= 11 is 0. The van der Waals surface area contributed by atoms with Crippen molar-refractivity contribution in [2.45, 2.75) is 26.4 Å². The lowest BCUT2D eigenvalue weighted by molar-refractivity contribution is 0.0598. The third kappa shape index (κ3) is 5.44. The molecule has 0 atom stereocenters. The van der Waals surface area contributed by atoms with Crippen LogP contribution in [0.3, 0.4) is 0 Å². The highest BCUT2D eigenvalue weighted by molar-refractivity contribution is 5.95. The molecule has 7 heteroatoms. The van der Waals surface area contributed by atoms with Crippen molar-refractivity contribution in [2.24, 2.45) is 0 Å². The molecule has 3 aromatic rings. The number of benzene rings is 2. The maximum Gasteiger partial charge on any atom is 0.413 e. The predicted octanol–water partition coefficient (Wildman–Crippen LogP) is 5.16. The number of carbonyl (C=O) groups excluding carboxylic acids is 2. The van der Waals surface area contributed by atoms with Crippen LogP contribution in [0.5, 0.6) is 11.5 Å². The second kappa shape index (κ2) is 8.18. The number of rotatable bonds is 4. The molecule has 0 aliphatic heterocycles. The number of pyridine rings is 1. The lowest BCUT2D eigenvalue weighted by Crippen LogP contribution is -2.27. The second-order valence-electron chi connectivity index (χ2n) is 7.32. The SMILES string of the molecule is COC(=O)c1ccc2ccc(Oc3ccnc(NC(=O)OC(C)(C)C)c3)cc2c1. The van der Waals surface area contributed by atoms with Crippen LogP contribution in [0.2, 0.25) is 0 Å². The molecule has 0 unspecified atom stereocenters. The molecule has 0 saturated heterocycles. The van der Waals surface area contributed by atoms with Crippen molar-refractivity contribution in [2.75, 3.05) is 12.4 Å². The van der Waals surface area contributed by atoms with Crippen LogP contribution in [0.4, 0.5) is 10.6 Å². The molecule has 0 aliphatic rings. The Morgan fingerprint density at radius 3 is 2.38 bits per heavy atom. The molecule has 1 aromatic heterocycles. The number of methoxy groups -OCH3 is 1. The minimum atomic E-state index is -0.605. The van der Waals surface area contributed by atoms with E-state index in [4.69, 9.17) is 14.2 Å². The first-order chi connectivity index (χ1) is 13.7. The highest BCUT2D eigenvalue weighted by Gasteiger charge is 2.16. The van der Waals surface area contributed by atoms with Crippen LogP contribution >= 0.6 is 0 Å². The summed E-state index contributed by atoms with van der Waals surface area (Å²) < 4.78 is 15.9. The second-order valence-corrected chi connectivity index (χ2v) is 7.32. The topological polar surface area (TPSA) is 86.8 Å². The Bertz CT molecular complexity index is 1060. The number of anilines is 1. The molecule has 0 bridgehead atoms. The van der Waals surface area contributed by atoms with E-state index in [9.17, 15) is 9.59 Å². The fourth-order valence-electron chi connectivity index (χ4n) is 2.62. The molecule has 2 aromatic carbocycles. The first-order valence-corrected chi connectivity index (χ1v) is 8.99. The van der Waals surface area contributed by atoms with Gasteiger partial charge in [0.25, 0.3) is 0 Å². The molecule has 0 spiro atoms. The molecule has 150 valence electrons. The standard InChI is InChI=1S/C22H22N2O5/c1-22(2,3)29-21(26)24-19-13-18(9-10-23-19)28-17-8-7-14-5-6-15(20(25)27-4)11-16(14)12-17/h5-13H,1-4H3,(H,23,24,26). The quantitative estimate of drug-likeness (QED) is 0.615. The van der Waals surface area contributed by atoms with Crippen LogP contribution in [0.15, 0.2) is 54.7 Å². The molecule has 29 heavy (non-hydrogen) atoms. The summed E-state index contributed by atoms with van der Waals surface area (Å²) in [6.07, 6.45) is 0.932. The Kier molecular flexibility index (Phi) is 5.68. The molecule has 1 N–H and O–H groups in total. The number of hydrogen-bond donors (Lipinski definition) is 1. The van der Waals surface area contributed by atoms with E-state index in [1.165, 1.54) is 13.3 Å². The van der Waals surface area contributed by atoms with E-state index >= 15 is 0 Å². The number of aromatic nitrogens is 1. The van der Waals surface area contributed by atoms with Crippen molar-refractivity contribution in [3.05, 3.63) is 60.3 Å². The van der Waals surface area contributed by atoms with Crippen LogP contribution in [-0.4, -0.2) is 29.8 Å². The van der Waals surface area contributed by atoms with Crippen LogP contribution in [0, 0.1) is 0 Å². The van der Waals surface area contributed by atoms with Gasteiger partial charge in [-0.3, -0.25) is 5.32 Å². The number of carbonyl (C=O) groups is 2. The van der Waals surface area contributed by atoms with Crippen LogP contribution in [0.25, 0.3) is 10.8 Å². The Labute approximate surface area is 168 Å². The van der Waals surface area contributed by atoms with E-state index in [1.54, 1.807) is 45.0 Å². The average Bonchev–Trinajstić information content (AvgIpc) is 2.65. The van der Waals surface area contributed by atoms with Gasteiger partial charge in [-0.05, 0) is 61.9 Å². The van der Waals surface area contributed by atoms with Crippen molar-refractivity contribution in [3.8, 4) is 11.5 Å². The highest BCUT2D eigenvalue weighted by Crippen LogP contribution is 2.27. The van der Waals surface area contributed by atoms with Crippen molar-refractivity contribution >= 4 is 28.7 Å². The Morgan fingerprint density at radius 2 is 1.66 bits per heavy atom. The fourth-order valence-corrected chi connectivity index (χ4v) is 2.62. The Balaban J connectivity index is 1.78. The van der Waals surface area contributed by atoms with Gasteiger partial charge in [-0.1, -0.05) is 12.1 Å². The number of ether oxygens (including phenoxy) is 3. The zero-order valence-electron chi connectivity index (χ0n) is 16.7. The minimum Gasteiger partial charge on any atom is -0.465 e. The van der Waals surface area contributed by atoms with Gasteiger partial charge in [0.2, 0.25) is 0 Å². The summed E-state index contributed by atoms with van der Waals surface area (Å²) in [5.74, 6) is 0.985. The summed E-state index contributed by atoms with van der Waals surface area (Å²) in [4.78, 5) is 27.7. The zero-order chi connectivity index (χ0) is 21.0. The molecule has 0 radical (unpaired) electrons. The van der Waals surface area contributed by atoms with Gasteiger partial charge in [-0.25, -0.2) is 14.6 Å². The maximum absolute atomic E-state index is 11.9. The molecular formula is C22H22N2O5. The van der Waals surface area contributed by atoms with Crippen molar-refractivity contribution in [1.82, 2.24) is 4.98 Å². The van der Waals surface area contributed by atoms with Crippen molar-refractivity contribution in [1.29, 1.82) is 0 Å². The van der Waals surface area contributed by atoms with Gasteiger partial charge in [-0.2, -0.15) is 0 Å². The third-order valence-electron chi connectivity index (χ3n) is 3.83. The van der Waals surface area contributed by atoms with Gasteiger partial charge >= 0.3 is 12.1 Å². The predicted molar refractivity (Wildman–Crippen MR) is 109 cm³/mol. The van der Waals surface area contributed by atoms with Gasteiger partial charge < -0.3 is 14.2 Å². The fraction of sp³-hybridized carbons (Fsp3) is 0.227. The number of amides is 1. The van der Waals surface area contributed by atoms with Crippen LogP contribution < -0.4 is 10.1 Å². The van der Waals surface area contributed by atoms with E-state index in [1.807, 2.05) is 24.3 Å². The van der Waals surface area contributed by atoms with E-state index in [2.05, 4.69) is 10.3 Å². The summed E-state index contributed by atoms with van der Waals surface area (Å²) in [5.41, 5.74) is -0.142. The number of fused-ring (bicyclic) bond motifs is 1. The zero-order valence-corrected chi connectivity index (χ0v) is 16.7. The van der Waals surface area contributed by atoms with Crippen molar-refractivity contribution in [3.63, 3.8) is 0 Å². The smallest absolute Gasteiger partial charge is 0.413 e. The van der Waals surface area contributed by atoms with Crippen molar-refractivity contribution < 1.29 is 23.8 Å². The summed E-state index contributed by atoms with van der Waals surface area (Å²) in [5, 5.41) is 4.38. The van der Waals surface area contributed by atoms with Gasteiger partial charge in [-0.15, -0.1) is 0 Å². The molecule has 7 nitrogen and oxygen atoms in total. The first-order valence-electron chi connectivity index (χ1n) is 8.99. The molecular weight excluding hydrogens is 372 g/mol. The molecule has 1 heterocycles. The first kappa shape index (κ1) is 20.1. The molecule has 0 aliphatic carbocycles. The third-order valence-corrected chi connectivity index (χ3v) is 3.83. The Hall–Kier alpha value is -3.61. The highest BCUT2D eigenvalue weighted by atomic mass is 16.6. The number of hydrogen-bond acceptors (Lipinski definition) is 6. The lowest BCUT2D eigenvalue weighted by Gasteiger charge is -2.19. The van der Waals surface area contributed by atoms with E-state index < -0.39 is 17.7 Å². The van der Waals surface area contributed by atoms with E-state index in [0.717, 1.165) is 10.8 Å². The van der Waals surface area contributed by atoms with E-state index in [0.29, 0.717) is 22.9 Å². The van der Waals surface area contributed by atoms with Gasteiger partial charge in [0.15, 0.2) is 0 Å². The van der Waals surface area contributed by atoms with E-state index in [-0.39, 0.29) is 0 Å². The van der Waals surface area contributed by atoms with Gasteiger partial charge in [0.05, 0.1) is 12.7 Å². The maximum atomic E-state index is 11.9. The average molecular weight is 394 g/mol. The monoisotopic (exact) mass is 394 g/mol. The summed E-state index contributed by atoms with van der Waals surface area (Å²) in [7, 11) is 1.35. The lowest BCUT2D eigenvalue weighted by atomic mass is 10.1. The largest absolute Gasteiger partial charge is 0.465 e. The number of esters is 1.